The van der Waals surface area contributed by atoms with Gasteiger partial charge < -0.3 is 24.1 Å². The Labute approximate surface area is 186 Å². The lowest BCUT2D eigenvalue weighted by molar-refractivity contribution is -0.143. The summed E-state index contributed by atoms with van der Waals surface area (Å²) in [7, 11) is 1.53. The van der Waals surface area contributed by atoms with Crippen LogP contribution < -0.4 is 5.32 Å². The fourth-order valence-corrected chi connectivity index (χ4v) is 3.60. The van der Waals surface area contributed by atoms with E-state index >= 15 is 0 Å². The van der Waals surface area contributed by atoms with E-state index in [0.29, 0.717) is 39.5 Å². The quantitative estimate of drug-likeness (QED) is 0.487. The minimum atomic E-state index is -0.704. The number of ether oxygens (including phenoxy) is 3. The topological polar surface area (TPSA) is 113 Å². The van der Waals surface area contributed by atoms with Crippen molar-refractivity contribution in [2.45, 2.75) is 39.7 Å². The molecule has 0 radical (unpaired) electrons. The van der Waals surface area contributed by atoms with Gasteiger partial charge in [0.05, 0.1) is 29.8 Å². The number of benzene rings is 1. The number of hydrogen-bond donors (Lipinski definition) is 1. The highest BCUT2D eigenvalue weighted by Gasteiger charge is 2.38. The summed E-state index contributed by atoms with van der Waals surface area (Å²) in [5.74, 6) is -1.35. The number of nitrogens with zero attached hydrogens (tertiary/aromatic N) is 2. The van der Waals surface area contributed by atoms with Crippen LogP contribution in [0.3, 0.4) is 0 Å². The van der Waals surface area contributed by atoms with E-state index in [1.165, 1.54) is 13.5 Å². The third kappa shape index (κ3) is 5.05. The molecule has 1 aromatic carbocycles. The molecule has 1 N–H and O–H groups in total. The summed E-state index contributed by atoms with van der Waals surface area (Å²) in [5, 5.41) is 7.01. The van der Waals surface area contributed by atoms with Gasteiger partial charge in [0.15, 0.2) is 0 Å². The number of rotatable bonds is 8. The first-order valence-electron chi connectivity index (χ1n) is 10.3. The van der Waals surface area contributed by atoms with E-state index in [9.17, 15) is 9.59 Å². The lowest BCUT2D eigenvalue weighted by Gasteiger charge is -2.31. The average Bonchev–Trinajstić information content (AvgIpc) is 3.27. The second-order valence-electron chi connectivity index (χ2n) is 7.60. The number of aromatic nitrogens is 2. The van der Waals surface area contributed by atoms with Crippen LogP contribution in [0, 0.1) is 0 Å². The molecule has 9 nitrogen and oxygen atoms in total. The predicted octanol–water partition coefficient (Wildman–Crippen LogP) is 3.11. The molecule has 1 atom stereocenters. The van der Waals surface area contributed by atoms with Crippen molar-refractivity contribution in [2.75, 3.05) is 20.3 Å². The second kappa shape index (κ2) is 10.2. The Hall–Kier alpha value is -3.46. The number of esters is 2. The first-order chi connectivity index (χ1) is 15.3. The lowest BCUT2D eigenvalue weighted by atomic mass is 9.80. The van der Waals surface area contributed by atoms with Crippen molar-refractivity contribution in [3.8, 4) is 11.4 Å². The SMILES string of the molecule is COCCOC(=O)C1=C(C)NC(C)=C(C(=O)OC(C)C)C1c1cccc(-c2ncon2)c1. The van der Waals surface area contributed by atoms with Crippen LogP contribution in [0.2, 0.25) is 0 Å². The van der Waals surface area contributed by atoms with Crippen LogP contribution in [0.1, 0.15) is 39.2 Å². The number of nitrogens with one attached hydrogen (secondary N) is 1. The molecule has 3 rings (SSSR count). The molecule has 1 aromatic heterocycles. The third-order valence-electron chi connectivity index (χ3n) is 4.90. The molecule has 0 saturated heterocycles. The highest BCUT2D eigenvalue weighted by atomic mass is 16.6. The monoisotopic (exact) mass is 441 g/mol. The molecule has 170 valence electrons. The Kier molecular flexibility index (Phi) is 7.42. The zero-order valence-electron chi connectivity index (χ0n) is 18.8. The summed E-state index contributed by atoms with van der Waals surface area (Å²) in [6.45, 7) is 7.46. The zero-order chi connectivity index (χ0) is 23.3. The Morgan fingerprint density at radius 2 is 1.84 bits per heavy atom. The molecule has 2 aromatic rings. The van der Waals surface area contributed by atoms with Crippen molar-refractivity contribution in [1.29, 1.82) is 0 Å². The standard InChI is InChI=1S/C23H27N3O6/c1-13(2)32-23(28)19-15(4)25-14(3)18(22(27)30-10-9-29-5)20(19)16-7-6-8-17(11-16)21-24-12-31-26-21/h6-8,11-13,20,25H,9-10H2,1-5H3. The summed E-state index contributed by atoms with van der Waals surface area (Å²) >= 11 is 0. The molecular formula is C23H27N3O6. The molecule has 9 heteroatoms. The van der Waals surface area contributed by atoms with Crippen LogP contribution >= 0.6 is 0 Å². The number of carbonyl (C=O) groups is 2. The second-order valence-corrected chi connectivity index (χ2v) is 7.60. The van der Waals surface area contributed by atoms with Crippen LogP contribution in [-0.2, 0) is 23.8 Å². The van der Waals surface area contributed by atoms with Crippen LogP contribution in [0.25, 0.3) is 11.4 Å². The van der Waals surface area contributed by atoms with Crippen molar-refractivity contribution < 1.29 is 28.3 Å². The van der Waals surface area contributed by atoms with Gasteiger partial charge in [0.2, 0.25) is 12.2 Å². The number of hydrogen-bond acceptors (Lipinski definition) is 9. The van der Waals surface area contributed by atoms with Crippen LogP contribution in [0.4, 0.5) is 0 Å². The van der Waals surface area contributed by atoms with Crippen molar-refractivity contribution in [2.24, 2.45) is 0 Å². The van der Waals surface area contributed by atoms with Gasteiger partial charge in [-0.2, -0.15) is 4.98 Å². The normalized spacial score (nSPS) is 16.2. The molecular weight excluding hydrogens is 414 g/mol. The fraction of sp³-hybridized carbons (Fsp3) is 0.391. The lowest BCUT2D eigenvalue weighted by Crippen LogP contribution is -2.33. The van der Waals surface area contributed by atoms with Gasteiger partial charge in [-0.15, -0.1) is 0 Å². The van der Waals surface area contributed by atoms with E-state index in [-0.39, 0.29) is 19.3 Å². The average molecular weight is 441 g/mol. The van der Waals surface area contributed by atoms with E-state index in [1.54, 1.807) is 27.7 Å². The summed E-state index contributed by atoms with van der Waals surface area (Å²) in [6.07, 6.45) is 0.920. The van der Waals surface area contributed by atoms with Crippen LogP contribution in [-0.4, -0.2) is 48.5 Å². The number of allylic oxidation sites excluding steroid dienone is 2. The van der Waals surface area contributed by atoms with Gasteiger partial charge in [-0.3, -0.25) is 0 Å². The molecule has 0 fully saturated rings. The maximum absolute atomic E-state index is 13.1. The van der Waals surface area contributed by atoms with E-state index in [0.717, 1.165) is 0 Å². The van der Waals surface area contributed by atoms with Gasteiger partial charge in [-0.25, -0.2) is 9.59 Å². The third-order valence-corrected chi connectivity index (χ3v) is 4.90. The van der Waals surface area contributed by atoms with E-state index in [2.05, 4.69) is 15.5 Å². The predicted molar refractivity (Wildman–Crippen MR) is 115 cm³/mol. The molecule has 0 bridgehead atoms. The first kappa shape index (κ1) is 23.2. The molecule has 1 aliphatic heterocycles. The number of dihydropyridines is 1. The maximum atomic E-state index is 13.1. The van der Waals surface area contributed by atoms with E-state index in [1.807, 2.05) is 24.3 Å². The molecule has 0 saturated carbocycles. The van der Waals surface area contributed by atoms with Crippen molar-refractivity contribution >= 4 is 11.9 Å². The van der Waals surface area contributed by atoms with Crippen LogP contribution in [0.15, 0.2) is 57.7 Å². The van der Waals surface area contributed by atoms with Gasteiger partial charge in [0, 0.05) is 24.1 Å². The van der Waals surface area contributed by atoms with Gasteiger partial charge in [-0.1, -0.05) is 23.4 Å². The maximum Gasteiger partial charge on any atom is 0.337 e. The Bertz CT molecular complexity index is 1040. The summed E-state index contributed by atoms with van der Waals surface area (Å²) in [4.78, 5) is 30.3. The molecule has 0 spiro atoms. The van der Waals surface area contributed by atoms with Crippen molar-refractivity contribution in [1.82, 2.24) is 15.5 Å². The highest BCUT2D eigenvalue weighted by molar-refractivity contribution is 6.00. The van der Waals surface area contributed by atoms with Gasteiger partial charge >= 0.3 is 11.9 Å². The van der Waals surface area contributed by atoms with Crippen molar-refractivity contribution in [3.05, 3.63) is 58.8 Å². The number of carbonyl (C=O) groups excluding carboxylic acids is 2. The first-order valence-corrected chi connectivity index (χ1v) is 10.3. The zero-order valence-corrected chi connectivity index (χ0v) is 18.8. The highest BCUT2D eigenvalue weighted by Crippen LogP contribution is 2.40. The van der Waals surface area contributed by atoms with Gasteiger partial charge in [-0.05, 0) is 39.3 Å². The summed E-state index contributed by atoms with van der Waals surface area (Å²) < 4.78 is 20.8. The minimum Gasteiger partial charge on any atom is -0.460 e. The minimum absolute atomic E-state index is 0.0935. The fourth-order valence-electron chi connectivity index (χ4n) is 3.60. The van der Waals surface area contributed by atoms with E-state index in [4.69, 9.17) is 18.7 Å². The van der Waals surface area contributed by atoms with Gasteiger partial charge in [0.25, 0.3) is 0 Å². The number of methoxy groups -OCH3 is 1. The molecule has 0 aliphatic carbocycles. The Balaban J connectivity index is 2.10. The molecule has 32 heavy (non-hydrogen) atoms. The largest absolute Gasteiger partial charge is 0.460 e. The summed E-state index contributed by atoms with van der Waals surface area (Å²) in [6, 6.07) is 7.30. The smallest absolute Gasteiger partial charge is 0.337 e. The van der Waals surface area contributed by atoms with Crippen molar-refractivity contribution in [3.63, 3.8) is 0 Å². The van der Waals surface area contributed by atoms with E-state index < -0.39 is 17.9 Å². The molecule has 0 amide bonds. The van der Waals surface area contributed by atoms with Gasteiger partial charge in [0.1, 0.15) is 6.61 Å². The molecule has 1 aliphatic rings. The Morgan fingerprint density at radius 1 is 1.12 bits per heavy atom. The summed E-state index contributed by atoms with van der Waals surface area (Å²) in [5.41, 5.74) is 3.26. The molecule has 2 heterocycles. The van der Waals surface area contributed by atoms with Crippen LogP contribution in [0.5, 0.6) is 0 Å². The Morgan fingerprint density at radius 3 is 2.47 bits per heavy atom. The molecule has 1 unspecified atom stereocenters.